The van der Waals surface area contributed by atoms with Crippen LogP contribution in [0.2, 0.25) is 0 Å². The van der Waals surface area contributed by atoms with E-state index in [1.807, 2.05) is 0 Å². The number of amides is 3. The highest BCUT2D eigenvalue weighted by Gasteiger charge is 2.46. The molecule has 3 rings (SSSR count). The maximum absolute atomic E-state index is 13.0. The van der Waals surface area contributed by atoms with E-state index in [-0.39, 0.29) is 36.0 Å². The normalized spacial score (nSPS) is 22.7. The molecule has 1 aliphatic carbocycles. The summed E-state index contributed by atoms with van der Waals surface area (Å²) in [4.78, 5) is 39.6. The number of hydrogen-bond acceptors (Lipinski definition) is 5. The van der Waals surface area contributed by atoms with Crippen LogP contribution in [-0.2, 0) is 16.1 Å². The Morgan fingerprint density at radius 2 is 2.04 bits per heavy atom. The summed E-state index contributed by atoms with van der Waals surface area (Å²) in [7, 11) is 3.17. The van der Waals surface area contributed by atoms with Crippen LogP contribution in [0, 0.1) is 0 Å². The summed E-state index contributed by atoms with van der Waals surface area (Å²) in [5, 5.41) is 10.1. The van der Waals surface area contributed by atoms with Gasteiger partial charge in [0.05, 0.1) is 13.2 Å². The summed E-state index contributed by atoms with van der Waals surface area (Å²) < 4.78 is 6.38. The van der Waals surface area contributed by atoms with Gasteiger partial charge >= 0.3 is 0 Å². The first-order valence-electron chi connectivity index (χ1n) is 9.81. The van der Waals surface area contributed by atoms with Gasteiger partial charge in [0.1, 0.15) is 11.2 Å². The molecule has 28 heavy (non-hydrogen) atoms. The van der Waals surface area contributed by atoms with Crippen molar-refractivity contribution >= 4 is 17.7 Å². The van der Waals surface area contributed by atoms with Crippen LogP contribution in [0.3, 0.4) is 0 Å². The van der Waals surface area contributed by atoms with Gasteiger partial charge in [-0.2, -0.15) is 5.10 Å². The number of nitrogens with one attached hydrogen (secondary N) is 2. The fourth-order valence-corrected chi connectivity index (χ4v) is 3.78. The molecule has 0 saturated heterocycles. The predicted octanol–water partition coefficient (Wildman–Crippen LogP) is 0.553. The van der Waals surface area contributed by atoms with Crippen molar-refractivity contribution in [3.8, 4) is 0 Å². The van der Waals surface area contributed by atoms with E-state index < -0.39 is 5.54 Å². The first kappa shape index (κ1) is 20.3. The van der Waals surface area contributed by atoms with Crippen LogP contribution in [0.15, 0.2) is 6.07 Å². The number of hydrogen-bond donors (Lipinski definition) is 2. The van der Waals surface area contributed by atoms with Gasteiger partial charge in [-0.15, -0.1) is 0 Å². The van der Waals surface area contributed by atoms with Crippen LogP contribution < -0.4 is 10.6 Å². The number of carbonyl (C=O) groups excluding carboxylic acids is 3. The van der Waals surface area contributed by atoms with Crippen molar-refractivity contribution in [3.05, 3.63) is 17.5 Å². The molecule has 0 spiro atoms. The van der Waals surface area contributed by atoms with Gasteiger partial charge in [0.15, 0.2) is 5.69 Å². The van der Waals surface area contributed by atoms with Gasteiger partial charge in [0.25, 0.3) is 11.8 Å². The molecule has 1 aromatic rings. The van der Waals surface area contributed by atoms with Crippen LogP contribution in [-0.4, -0.2) is 71.3 Å². The van der Waals surface area contributed by atoms with Crippen molar-refractivity contribution in [1.82, 2.24) is 25.3 Å². The number of methoxy groups -OCH3 is 1. The lowest BCUT2D eigenvalue weighted by atomic mass is 9.92. The number of fused-ring (bicyclic) bond motifs is 1. The molecule has 2 heterocycles. The van der Waals surface area contributed by atoms with Crippen LogP contribution in [0.1, 0.15) is 60.0 Å². The Hall–Kier alpha value is -2.42. The molecule has 1 fully saturated rings. The molecule has 2 aliphatic rings. The minimum absolute atomic E-state index is 0.155. The first-order chi connectivity index (χ1) is 13.4. The first-order valence-corrected chi connectivity index (χ1v) is 9.81. The average molecular weight is 391 g/mol. The second-order valence-electron chi connectivity index (χ2n) is 7.77. The topological polar surface area (TPSA) is 106 Å². The highest BCUT2D eigenvalue weighted by atomic mass is 16.5. The SMILES string of the molecule is COCCNC(=O)c1cc2n(n1)CC(C)(C(=O)NC1CCCCC1)N(C)C2=O. The van der Waals surface area contributed by atoms with E-state index in [1.165, 1.54) is 22.1 Å². The Labute approximate surface area is 164 Å². The van der Waals surface area contributed by atoms with E-state index in [0.717, 1.165) is 25.7 Å². The molecule has 9 heteroatoms. The third kappa shape index (κ3) is 3.89. The predicted molar refractivity (Wildman–Crippen MR) is 102 cm³/mol. The van der Waals surface area contributed by atoms with Crippen LogP contribution in [0.25, 0.3) is 0 Å². The number of carbonyl (C=O) groups is 3. The third-order valence-corrected chi connectivity index (χ3v) is 5.76. The molecule has 3 amide bonds. The molecule has 9 nitrogen and oxygen atoms in total. The second kappa shape index (κ2) is 8.30. The van der Waals surface area contributed by atoms with Crippen molar-refractivity contribution in [2.24, 2.45) is 0 Å². The van der Waals surface area contributed by atoms with Gasteiger partial charge in [-0.1, -0.05) is 19.3 Å². The minimum atomic E-state index is -1.06. The second-order valence-corrected chi connectivity index (χ2v) is 7.77. The minimum Gasteiger partial charge on any atom is -0.383 e. The van der Waals surface area contributed by atoms with Gasteiger partial charge in [0, 0.05) is 32.8 Å². The maximum Gasteiger partial charge on any atom is 0.272 e. The monoisotopic (exact) mass is 391 g/mol. The molecule has 1 saturated carbocycles. The lowest BCUT2D eigenvalue weighted by Gasteiger charge is -2.41. The Morgan fingerprint density at radius 1 is 1.32 bits per heavy atom. The summed E-state index contributed by atoms with van der Waals surface area (Å²) in [5.41, 5.74) is -0.593. The van der Waals surface area contributed by atoms with Crippen molar-refractivity contribution in [2.45, 2.75) is 57.2 Å². The summed E-state index contributed by atoms with van der Waals surface area (Å²) in [5.74, 6) is -0.874. The van der Waals surface area contributed by atoms with Gasteiger partial charge in [-0.25, -0.2) is 0 Å². The molecule has 0 aromatic carbocycles. The fraction of sp³-hybridized carbons (Fsp3) is 0.684. The zero-order valence-electron chi connectivity index (χ0n) is 16.8. The van der Waals surface area contributed by atoms with Gasteiger partial charge in [0.2, 0.25) is 5.91 Å². The van der Waals surface area contributed by atoms with E-state index in [0.29, 0.717) is 18.8 Å². The van der Waals surface area contributed by atoms with E-state index in [9.17, 15) is 14.4 Å². The number of ether oxygens (including phenoxy) is 1. The number of rotatable bonds is 6. The van der Waals surface area contributed by atoms with Crippen molar-refractivity contribution in [3.63, 3.8) is 0 Å². The Morgan fingerprint density at radius 3 is 2.71 bits per heavy atom. The maximum atomic E-state index is 13.0. The van der Waals surface area contributed by atoms with E-state index in [4.69, 9.17) is 4.74 Å². The van der Waals surface area contributed by atoms with Gasteiger partial charge in [-0.3, -0.25) is 19.1 Å². The third-order valence-electron chi connectivity index (χ3n) is 5.76. The lowest BCUT2D eigenvalue weighted by molar-refractivity contribution is -0.133. The molecule has 154 valence electrons. The molecule has 1 atom stereocenters. The zero-order valence-corrected chi connectivity index (χ0v) is 16.8. The molecule has 1 unspecified atom stereocenters. The number of aromatic nitrogens is 2. The fourth-order valence-electron chi connectivity index (χ4n) is 3.78. The van der Waals surface area contributed by atoms with Crippen LogP contribution in [0.4, 0.5) is 0 Å². The molecular formula is C19H29N5O4. The van der Waals surface area contributed by atoms with E-state index >= 15 is 0 Å². The highest BCUT2D eigenvalue weighted by Crippen LogP contribution is 2.27. The number of nitrogens with zero attached hydrogens (tertiary/aromatic N) is 3. The molecule has 1 aromatic heterocycles. The van der Waals surface area contributed by atoms with Crippen molar-refractivity contribution < 1.29 is 19.1 Å². The lowest BCUT2D eigenvalue weighted by Crippen LogP contribution is -2.63. The van der Waals surface area contributed by atoms with E-state index in [1.54, 1.807) is 21.1 Å². The molecule has 0 radical (unpaired) electrons. The quantitative estimate of drug-likeness (QED) is 0.689. The molecule has 2 N–H and O–H groups in total. The Balaban J connectivity index is 1.76. The zero-order chi connectivity index (χ0) is 20.3. The summed E-state index contributed by atoms with van der Waals surface area (Å²) in [6, 6.07) is 1.63. The van der Waals surface area contributed by atoms with Gasteiger partial charge < -0.3 is 20.3 Å². The smallest absolute Gasteiger partial charge is 0.272 e. The number of likely N-dealkylation sites (N-methyl/N-ethyl adjacent to an activating group) is 1. The largest absolute Gasteiger partial charge is 0.383 e. The highest BCUT2D eigenvalue weighted by molar-refractivity contribution is 6.01. The molecule has 0 bridgehead atoms. The van der Waals surface area contributed by atoms with E-state index in [2.05, 4.69) is 15.7 Å². The molecule has 1 aliphatic heterocycles. The Bertz CT molecular complexity index is 756. The summed E-state index contributed by atoms with van der Waals surface area (Å²) in [6.45, 7) is 2.69. The Kier molecular flexibility index (Phi) is 6.02. The summed E-state index contributed by atoms with van der Waals surface area (Å²) in [6.07, 6.45) is 5.37. The van der Waals surface area contributed by atoms with Crippen molar-refractivity contribution in [1.29, 1.82) is 0 Å². The summed E-state index contributed by atoms with van der Waals surface area (Å²) >= 11 is 0. The van der Waals surface area contributed by atoms with Crippen LogP contribution >= 0.6 is 0 Å². The standard InChI is InChI=1S/C19H29N5O4/c1-19(18(27)21-13-7-5-4-6-8-13)12-24-15(17(26)23(19)2)11-14(22-24)16(25)20-9-10-28-3/h11,13H,4-10,12H2,1-3H3,(H,20,25)(H,21,27). The van der Waals surface area contributed by atoms with Crippen LogP contribution in [0.5, 0.6) is 0 Å². The average Bonchev–Trinajstić information content (AvgIpc) is 3.11. The van der Waals surface area contributed by atoms with Crippen molar-refractivity contribution in [2.75, 3.05) is 27.3 Å². The molecular weight excluding hydrogens is 362 g/mol. The van der Waals surface area contributed by atoms with Gasteiger partial charge in [-0.05, 0) is 19.8 Å².